The fraction of sp³-hybridized carbons (Fsp3) is 0.235. The van der Waals surface area contributed by atoms with Crippen LogP contribution in [0.2, 0.25) is 0 Å². The third kappa shape index (κ3) is 2.57. The van der Waals surface area contributed by atoms with Gasteiger partial charge in [0, 0.05) is 12.1 Å². The van der Waals surface area contributed by atoms with Gasteiger partial charge >= 0.3 is 5.69 Å². The zero-order valence-electron chi connectivity index (χ0n) is 12.4. The zero-order chi connectivity index (χ0) is 15.5. The quantitative estimate of drug-likeness (QED) is 0.517. The number of nitro groups is 1. The predicted octanol–water partition coefficient (Wildman–Crippen LogP) is 4.41. The lowest BCUT2D eigenvalue weighted by Gasteiger charge is -2.07. The number of hydrogen-bond donors (Lipinski definition) is 0. The minimum atomic E-state index is -0.361. The lowest BCUT2D eigenvalue weighted by molar-refractivity contribution is -0.384. The molecule has 0 atom stereocenters. The van der Waals surface area contributed by atoms with Gasteiger partial charge in [-0.1, -0.05) is 49.7 Å². The molecule has 0 saturated heterocycles. The lowest BCUT2D eigenvalue weighted by atomic mass is 10.0. The third-order valence-electron chi connectivity index (χ3n) is 3.76. The molecule has 0 aliphatic rings. The van der Waals surface area contributed by atoms with E-state index in [1.165, 1.54) is 6.20 Å². The van der Waals surface area contributed by atoms with Crippen LogP contribution in [-0.4, -0.2) is 14.7 Å². The van der Waals surface area contributed by atoms with Gasteiger partial charge in [0.1, 0.15) is 11.9 Å². The summed E-state index contributed by atoms with van der Waals surface area (Å²) < 4.78 is 1.74. The maximum Gasteiger partial charge on any atom is 0.314 e. The Bertz CT molecular complexity index is 824. The van der Waals surface area contributed by atoms with Gasteiger partial charge in [-0.05, 0) is 23.3 Å². The number of aryl methyl sites for hydroxylation is 1. The molecule has 22 heavy (non-hydrogen) atoms. The highest BCUT2D eigenvalue weighted by Crippen LogP contribution is 2.32. The molecular formula is C17H17N3O2. The second-order valence-corrected chi connectivity index (χ2v) is 5.27. The molecule has 0 fully saturated rings. The van der Waals surface area contributed by atoms with Gasteiger partial charge in [-0.25, -0.2) is 0 Å². The average molecular weight is 295 g/mol. The summed E-state index contributed by atoms with van der Waals surface area (Å²) in [4.78, 5) is 10.9. The first-order chi connectivity index (χ1) is 10.7. The molecule has 112 valence electrons. The molecule has 1 aromatic heterocycles. The van der Waals surface area contributed by atoms with Crippen molar-refractivity contribution in [2.24, 2.45) is 0 Å². The van der Waals surface area contributed by atoms with Crippen LogP contribution in [0.4, 0.5) is 5.69 Å². The summed E-state index contributed by atoms with van der Waals surface area (Å²) in [6, 6.07) is 13.9. The Kier molecular flexibility index (Phi) is 3.87. The van der Waals surface area contributed by atoms with Gasteiger partial charge in [0.05, 0.1) is 4.92 Å². The number of benzene rings is 2. The fourth-order valence-electron chi connectivity index (χ4n) is 2.62. The van der Waals surface area contributed by atoms with Crippen LogP contribution in [0.15, 0.2) is 48.7 Å². The van der Waals surface area contributed by atoms with E-state index in [0.717, 1.165) is 29.2 Å². The number of rotatable bonds is 5. The first-order valence-electron chi connectivity index (χ1n) is 7.40. The molecule has 0 amide bonds. The summed E-state index contributed by atoms with van der Waals surface area (Å²) in [5.74, 6) is 0. The van der Waals surface area contributed by atoms with Gasteiger partial charge in [0.2, 0.25) is 0 Å². The standard InChI is InChI=1S/C17H17N3O2/c1-2-3-10-19-17(16(12-18-19)20(21)22)15-9-8-13-6-4-5-7-14(13)11-15/h4-9,11-12H,2-3,10H2,1H3. The summed E-state index contributed by atoms with van der Waals surface area (Å²) >= 11 is 0. The van der Waals surface area contributed by atoms with Gasteiger partial charge in [-0.15, -0.1) is 0 Å². The van der Waals surface area contributed by atoms with Crippen LogP contribution in [0.3, 0.4) is 0 Å². The highest BCUT2D eigenvalue weighted by molar-refractivity contribution is 5.88. The fourth-order valence-corrected chi connectivity index (χ4v) is 2.62. The van der Waals surface area contributed by atoms with Crippen molar-refractivity contribution in [1.82, 2.24) is 9.78 Å². The normalized spacial score (nSPS) is 11.0. The topological polar surface area (TPSA) is 61.0 Å². The maximum atomic E-state index is 11.3. The van der Waals surface area contributed by atoms with Gasteiger partial charge in [0.15, 0.2) is 0 Å². The molecule has 2 aromatic carbocycles. The van der Waals surface area contributed by atoms with Crippen LogP contribution >= 0.6 is 0 Å². The minimum absolute atomic E-state index is 0.0615. The third-order valence-corrected chi connectivity index (χ3v) is 3.76. The molecule has 3 rings (SSSR count). The van der Waals surface area contributed by atoms with Crippen LogP contribution in [-0.2, 0) is 6.54 Å². The SMILES string of the molecule is CCCCn1ncc([N+](=O)[O-])c1-c1ccc2ccccc2c1. The van der Waals surface area contributed by atoms with Crippen molar-refractivity contribution in [3.63, 3.8) is 0 Å². The van der Waals surface area contributed by atoms with Gasteiger partial charge < -0.3 is 0 Å². The van der Waals surface area contributed by atoms with Crippen molar-refractivity contribution in [3.8, 4) is 11.3 Å². The Hall–Kier alpha value is -2.69. The Labute approximate surface area is 128 Å². The highest BCUT2D eigenvalue weighted by Gasteiger charge is 2.22. The summed E-state index contributed by atoms with van der Waals surface area (Å²) in [6.45, 7) is 2.78. The molecule has 5 heteroatoms. The largest absolute Gasteiger partial charge is 0.314 e. The average Bonchev–Trinajstić information content (AvgIpc) is 2.96. The highest BCUT2D eigenvalue weighted by atomic mass is 16.6. The van der Waals surface area contributed by atoms with Crippen LogP contribution in [0.25, 0.3) is 22.0 Å². The van der Waals surface area contributed by atoms with Crippen LogP contribution in [0.1, 0.15) is 19.8 Å². The van der Waals surface area contributed by atoms with E-state index < -0.39 is 0 Å². The number of unbranched alkanes of at least 4 members (excludes halogenated alkanes) is 1. The van der Waals surface area contributed by atoms with Crippen molar-refractivity contribution in [1.29, 1.82) is 0 Å². The molecule has 0 spiro atoms. The monoisotopic (exact) mass is 295 g/mol. The first kappa shape index (κ1) is 14.3. The molecule has 0 aliphatic heterocycles. The summed E-state index contributed by atoms with van der Waals surface area (Å²) in [5, 5.41) is 17.7. The molecule has 0 radical (unpaired) electrons. The van der Waals surface area contributed by atoms with E-state index in [1.54, 1.807) is 4.68 Å². The molecule has 1 heterocycles. The summed E-state index contributed by atoms with van der Waals surface area (Å²) in [6.07, 6.45) is 3.31. The van der Waals surface area contributed by atoms with E-state index in [2.05, 4.69) is 12.0 Å². The summed E-state index contributed by atoms with van der Waals surface area (Å²) in [7, 11) is 0. The maximum absolute atomic E-state index is 11.3. The van der Waals surface area contributed by atoms with Gasteiger partial charge in [-0.2, -0.15) is 5.10 Å². The Morgan fingerprint density at radius 3 is 2.68 bits per heavy atom. The summed E-state index contributed by atoms with van der Waals surface area (Å²) in [5.41, 5.74) is 1.48. The van der Waals surface area contributed by atoms with Crippen LogP contribution < -0.4 is 0 Å². The second-order valence-electron chi connectivity index (χ2n) is 5.27. The molecule has 0 aliphatic carbocycles. The second kappa shape index (κ2) is 5.97. The van der Waals surface area contributed by atoms with Gasteiger partial charge in [0.25, 0.3) is 0 Å². The number of aromatic nitrogens is 2. The Morgan fingerprint density at radius 2 is 1.95 bits per heavy atom. The first-order valence-corrected chi connectivity index (χ1v) is 7.40. The van der Waals surface area contributed by atoms with E-state index in [9.17, 15) is 10.1 Å². The Morgan fingerprint density at radius 1 is 1.18 bits per heavy atom. The van der Waals surface area contributed by atoms with Crippen molar-refractivity contribution in [2.45, 2.75) is 26.3 Å². The van der Waals surface area contributed by atoms with Crippen molar-refractivity contribution >= 4 is 16.5 Å². The van der Waals surface area contributed by atoms with E-state index in [1.807, 2.05) is 42.5 Å². The van der Waals surface area contributed by atoms with E-state index in [-0.39, 0.29) is 10.6 Å². The van der Waals surface area contributed by atoms with E-state index >= 15 is 0 Å². The number of nitrogens with zero attached hydrogens (tertiary/aromatic N) is 3. The molecule has 3 aromatic rings. The molecule has 0 bridgehead atoms. The zero-order valence-corrected chi connectivity index (χ0v) is 12.4. The van der Waals surface area contributed by atoms with Gasteiger partial charge in [-0.3, -0.25) is 14.8 Å². The smallest absolute Gasteiger partial charge is 0.258 e. The van der Waals surface area contributed by atoms with Crippen LogP contribution in [0, 0.1) is 10.1 Å². The predicted molar refractivity (Wildman–Crippen MR) is 86.7 cm³/mol. The van der Waals surface area contributed by atoms with E-state index in [4.69, 9.17) is 0 Å². The van der Waals surface area contributed by atoms with E-state index in [0.29, 0.717) is 12.2 Å². The van der Waals surface area contributed by atoms with Crippen molar-refractivity contribution < 1.29 is 4.92 Å². The van der Waals surface area contributed by atoms with Crippen molar-refractivity contribution in [3.05, 3.63) is 58.8 Å². The molecule has 5 nitrogen and oxygen atoms in total. The minimum Gasteiger partial charge on any atom is -0.258 e. The lowest BCUT2D eigenvalue weighted by Crippen LogP contribution is -2.03. The number of fused-ring (bicyclic) bond motifs is 1. The Balaban J connectivity index is 2.14. The molecular weight excluding hydrogens is 278 g/mol. The molecule has 0 unspecified atom stereocenters. The number of hydrogen-bond acceptors (Lipinski definition) is 3. The van der Waals surface area contributed by atoms with Crippen molar-refractivity contribution in [2.75, 3.05) is 0 Å². The van der Waals surface area contributed by atoms with Crippen LogP contribution in [0.5, 0.6) is 0 Å². The molecule has 0 saturated carbocycles. The molecule has 0 N–H and O–H groups in total.